The van der Waals surface area contributed by atoms with Crippen LogP contribution in [-0.4, -0.2) is 22.6 Å². The highest BCUT2D eigenvalue weighted by molar-refractivity contribution is 5.87. The maximum Gasteiger partial charge on any atom is 0.337 e. The molecular formula is C22H22N2O3. The number of aromatic nitrogens is 1. The van der Waals surface area contributed by atoms with Gasteiger partial charge >= 0.3 is 5.97 Å². The number of para-hydroxylation sites is 1. The van der Waals surface area contributed by atoms with Gasteiger partial charge in [-0.15, -0.1) is 0 Å². The Hall–Kier alpha value is -3.34. The molecule has 1 aromatic heterocycles. The molecule has 0 aliphatic rings. The van der Waals surface area contributed by atoms with E-state index in [1.807, 2.05) is 61.5 Å². The summed E-state index contributed by atoms with van der Waals surface area (Å²) in [4.78, 5) is 17.4. The molecule has 0 amide bonds. The molecule has 0 fully saturated rings. The summed E-state index contributed by atoms with van der Waals surface area (Å²) in [6.07, 6.45) is 1.39. The summed E-state index contributed by atoms with van der Waals surface area (Å²) < 4.78 is 6.03. The molecule has 0 bridgehead atoms. The highest BCUT2D eigenvalue weighted by Gasteiger charge is 2.12. The molecule has 5 nitrogen and oxygen atoms in total. The van der Waals surface area contributed by atoms with E-state index in [1.54, 1.807) is 12.1 Å². The van der Waals surface area contributed by atoms with Crippen molar-refractivity contribution in [1.29, 1.82) is 0 Å². The van der Waals surface area contributed by atoms with E-state index < -0.39 is 5.97 Å². The number of anilines is 1. The average molecular weight is 362 g/mol. The number of rotatable bonds is 8. The lowest BCUT2D eigenvalue weighted by molar-refractivity contribution is 0.0696. The molecule has 3 rings (SSSR count). The zero-order chi connectivity index (χ0) is 19.1. The van der Waals surface area contributed by atoms with E-state index in [0.29, 0.717) is 13.2 Å². The van der Waals surface area contributed by atoms with E-state index in [1.165, 1.54) is 6.20 Å². The van der Waals surface area contributed by atoms with E-state index in [-0.39, 0.29) is 5.56 Å². The number of carbonyl (C=O) groups is 1. The van der Waals surface area contributed by atoms with Crippen LogP contribution in [0.1, 0.15) is 28.4 Å². The topological polar surface area (TPSA) is 62.7 Å². The summed E-state index contributed by atoms with van der Waals surface area (Å²) in [6.45, 7) is 3.92. The maximum atomic E-state index is 11.0. The Morgan fingerprint density at radius 1 is 1.04 bits per heavy atom. The summed E-state index contributed by atoms with van der Waals surface area (Å²) in [5.74, 6) is 0.596. The van der Waals surface area contributed by atoms with Crippen LogP contribution in [0, 0.1) is 0 Å². The second-order valence-corrected chi connectivity index (χ2v) is 6.11. The van der Waals surface area contributed by atoms with Gasteiger partial charge in [0.25, 0.3) is 0 Å². The number of pyridine rings is 1. The van der Waals surface area contributed by atoms with Gasteiger partial charge in [0.15, 0.2) is 0 Å². The molecule has 1 N–H and O–H groups in total. The van der Waals surface area contributed by atoms with Crippen LogP contribution >= 0.6 is 0 Å². The molecule has 2 aromatic carbocycles. The molecule has 0 saturated carbocycles. The first kappa shape index (κ1) is 18.5. The molecule has 0 atom stereocenters. The Morgan fingerprint density at radius 2 is 1.78 bits per heavy atom. The van der Waals surface area contributed by atoms with Crippen molar-refractivity contribution in [2.24, 2.45) is 0 Å². The molecule has 5 heteroatoms. The van der Waals surface area contributed by atoms with Crippen molar-refractivity contribution in [3.8, 4) is 5.75 Å². The fourth-order valence-electron chi connectivity index (χ4n) is 2.77. The van der Waals surface area contributed by atoms with Crippen LogP contribution in [-0.2, 0) is 13.2 Å². The van der Waals surface area contributed by atoms with Crippen molar-refractivity contribution in [3.63, 3.8) is 0 Å². The van der Waals surface area contributed by atoms with Crippen LogP contribution in [0.5, 0.6) is 5.75 Å². The second kappa shape index (κ2) is 8.85. The SMILES string of the molecule is CCN(Cc1ccccc1OCc1ccccc1)c1ccc(C(=O)O)cn1. The van der Waals surface area contributed by atoms with Crippen molar-refractivity contribution in [1.82, 2.24) is 4.98 Å². The summed E-state index contributed by atoms with van der Waals surface area (Å²) in [5.41, 5.74) is 2.35. The number of hydrogen-bond acceptors (Lipinski definition) is 4. The smallest absolute Gasteiger partial charge is 0.337 e. The Labute approximate surface area is 158 Å². The number of carboxylic acid groups (broad SMARTS) is 1. The molecule has 0 radical (unpaired) electrons. The minimum absolute atomic E-state index is 0.182. The van der Waals surface area contributed by atoms with Gasteiger partial charge in [0.05, 0.1) is 5.56 Å². The average Bonchev–Trinajstić information content (AvgIpc) is 2.72. The standard InChI is InChI=1S/C22H22N2O3/c1-2-24(21-13-12-18(14-23-21)22(25)26)15-19-10-6-7-11-20(19)27-16-17-8-4-3-5-9-17/h3-14H,2,15-16H2,1H3,(H,25,26). The van der Waals surface area contributed by atoms with Gasteiger partial charge in [-0.25, -0.2) is 9.78 Å². The van der Waals surface area contributed by atoms with Crippen LogP contribution in [0.3, 0.4) is 0 Å². The van der Waals surface area contributed by atoms with Gasteiger partial charge in [-0.2, -0.15) is 0 Å². The lowest BCUT2D eigenvalue weighted by Gasteiger charge is -2.23. The third-order valence-corrected chi connectivity index (χ3v) is 4.27. The van der Waals surface area contributed by atoms with Gasteiger partial charge in [0, 0.05) is 24.8 Å². The third-order valence-electron chi connectivity index (χ3n) is 4.27. The summed E-state index contributed by atoms with van der Waals surface area (Å²) in [5, 5.41) is 9.03. The molecule has 0 aliphatic heterocycles. The number of ether oxygens (including phenoxy) is 1. The second-order valence-electron chi connectivity index (χ2n) is 6.11. The molecule has 27 heavy (non-hydrogen) atoms. The molecule has 0 aliphatic carbocycles. The Balaban J connectivity index is 1.74. The van der Waals surface area contributed by atoms with Gasteiger partial charge in [-0.3, -0.25) is 0 Å². The zero-order valence-electron chi connectivity index (χ0n) is 15.2. The molecule has 0 spiro atoms. The minimum Gasteiger partial charge on any atom is -0.489 e. The molecule has 0 saturated heterocycles. The van der Waals surface area contributed by atoms with E-state index in [4.69, 9.17) is 9.84 Å². The number of hydrogen-bond donors (Lipinski definition) is 1. The summed E-state index contributed by atoms with van der Waals surface area (Å²) in [6, 6.07) is 21.3. The summed E-state index contributed by atoms with van der Waals surface area (Å²) >= 11 is 0. The van der Waals surface area contributed by atoms with Gasteiger partial charge in [-0.1, -0.05) is 48.5 Å². The van der Waals surface area contributed by atoms with Crippen LogP contribution in [0.25, 0.3) is 0 Å². The zero-order valence-corrected chi connectivity index (χ0v) is 15.2. The van der Waals surface area contributed by atoms with Gasteiger partial charge in [0.1, 0.15) is 18.2 Å². The minimum atomic E-state index is -0.975. The lowest BCUT2D eigenvalue weighted by Crippen LogP contribution is -2.23. The van der Waals surface area contributed by atoms with E-state index in [9.17, 15) is 4.79 Å². The summed E-state index contributed by atoms with van der Waals surface area (Å²) in [7, 11) is 0. The fourth-order valence-corrected chi connectivity index (χ4v) is 2.77. The predicted molar refractivity (Wildman–Crippen MR) is 105 cm³/mol. The molecular weight excluding hydrogens is 340 g/mol. The first-order chi connectivity index (χ1) is 13.2. The van der Waals surface area contributed by atoms with Gasteiger partial charge < -0.3 is 14.7 Å². The van der Waals surface area contributed by atoms with Crippen LogP contribution < -0.4 is 9.64 Å². The van der Waals surface area contributed by atoms with E-state index in [0.717, 1.165) is 29.2 Å². The van der Waals surface area contributed by atoms with Crippen LogP contribution in [0.2, 0.25) is 0 Å². The number of benzene rings is 2. The molecule has 1 heterocycles. The maximum absolute atomic E-state index is 11.0. The molecule has 0 unspecified atom stereocenters. The Kier molecular flexibility index (Phi) is 6.05. The first-order valence-corrected chi connectivity index (χ1v) is 8.86. The van der Waals surface area contributed by atoms with Crippen molar-refractivity contribution in [2.45, 2.75) is 20.1 Å². The van der Waals surface area contributed by atoms with Crippen molar-refractivity contribution >= 4 is 11.8 Å². The van der Waals surface area contributed by atoms with Crippen LogP contribution in [0.15, 0.2) is 72.9 Å². The van der Waals surface area contributed by atoms with Gasteiger partial charge in [-0.05, 0) is 30.7 Å². The first-order valence-electron chi connectivity index (χ1n) is 8.86. The number of carboxylic acids is 1. The lowest BCUT2D eigenvalue weighted by atomic mass is 10.1. The highest BCUT2D eigenvalue weighted by Crippen LogP contribution is 2.23. The monoisotopic (exact) mass is 362 g/mol. The molecule has 138 valence electrons. The van der Waals surface area contributed by atoms with Crippen molar-refractivity contribution < 1.29 is 14.6 Å². The molecule has 3 aromatic rings. The van der Waals surface area contributed by atoms with Crippen LogP contribution in [0.4, 0.5) is 5.82 Å². The highest BCUT2D eigenvalue weighted by atomic mass is 16.5. The van der Waals surface area contributed by atoms with Crippen molar-refractivity contribution in [3.05, 3.63) is 89.6 Å². The van der Waals surface area contributed by atoms with E-state index in [2.05, 4.69) is 9.88 Å². The Bertz CT molecular complexity index is 880. The van der Waals surface area contributed by atoms with E-state index >= 15 is 0 Å². The normalized spacial score (nSPS) is 10.4. The third kappa shape index (κ3) is 4.85. The number of aromatic carboxylic acids is 1. The quantitative estimate of drug-likeness (QED) is 0.644. The van der Waals surface area contributed by atoms with Gasteiger partial charge in [0.2, 0.25) is 0 Å². The predicted octanol–water partition coefficient (Wildman–Crippen LogP) is 4.39. The van der Waals surface area contributed by atoms with Crippen molar-refractivity contribution in [2.75, 3.05) is 11.4 Å². The number of nitrogens with zero attached hydrogens (tertiary/aromatic N) is 2. The fraction of sp³-hybridized carbons (Fsp3) is 0.182. The Morgan fingerprint density at radius 3 is 2.44 bits per heavy atom. The largest absolute Gasteiger partial charge is 0.489 e.